The first-order valence-electron chi connectivity index (χ1n) is 9.65. The van der Waals surface area contributed by atoms with Crippen molar-refractivity contribution < 1.29 is 9.18 Å². The van der Waals surface area contributed by atoms with Crippen LogP contribution in [0, 0.1) is 11.2 Å². The van der Waals surface area contributed by atoms with Gasteiger partial charge < -0.3 is 10.2 Å². The van der Waals surface area contributed by atoms with Crippen molar-refractivity contribution in [2.45, 2.75) is 44.6 Å². The highest BCUT2D eigenvalue weighted by atomic mass is 19.1. The zero-order chi connectivity index (χ0) is 19.1. The van der Waals surface area contributed by atoms with Crippen LogP contribution in [0.4, 0.5) is 10.2 Å². The molecule has 1 N–H and O–H groups in total. The van der Waals surface area contributed by atoms with E-state index in [1.807, 2.05) is 23.1 Å². The number of likely N-dealkylation sites (tertiary alicyclic amines) is 1. The average Bonchev–Trinajstić information content (AvgIpc) is 3.26. The van der Waals surface area contributed by atoms with E-state index in [0.29, 0.717) is 6.04 Å². The fraction of sp³-hybridized carbons (Fsp3) is 0.455. The van der Waals surface area contributed by atoms with Gasteiger partial charge in [-0.05, 0) is 54.5 Å². The molecular formula is C22H26FN3O. The molecule has 0 radical (unpaired) electrons. The Morgan fingerprint density at radius 3 is 2.37 bits per heavy atom. The fourth-order valence-corrected chi connectivity index (χ4v) is 4.49. The van der Waals surface area contributed by atoms with Crippen molar-refractivity contribution in [3.05, 3.63) is 60.0 Å². The first kappa shape index (κ1) is 18.0. The van der Waals surface area contributed by atoms with Gasteiger partial charge in [0.05, 0.1) is 5.41 Å². The molecule has 1 aliphatic carbocycles. The minimum Gasteiger partial charge on any atom is -0.367 e. The molecule has 2 aromatic rings. The Bertz CT molecular complexity index is 813. The number of nitrogens with one attached hydrogen (secondary N) is 1. The molecule has 0 spiro atoms. The van der Waals surface area contributed by atoms with E-state index in [4.69, 9.17) is 0 Å². The van der Waals surface area contributed by atoms with E-state index < -0.39 is 5.41 Å². The van der Waals surface area contributed by atoms with E-state index >= 15 is 0 Å². The summed E-state index contributed by atoms with van der Waals surface area (Å²) < 4.78 is 13.4. The third kappa shape index (κ3) is 3.20. The zero-order valence-corrected chi connectivity index (χ0v) is 15.9. The van der Waals surface area contributed by atoms with Gasteiger partial charge in [0.1, 0.15) is 11.6 Å². The summed E-state index contributed by atoms with van der Waals surface area (Å²) in [5, 5.41) is 3.46. The van der Waals surface area contributed by atoms with Gasteiger partial charge in [0.2, 0.25) is 5.91 Å². The van der Waals surface area contributed by atoms with E-state index in [-0.39, 0.29) is 17.1 Å². The highest BCUT2D eigenvalue weighted by molar-refractivity contribution is 5.93. The molecule has 5 heteroatoms. The molecule has 1 unspecified atom stereocenters. The second kappa shape index (κ2) is 6.63. The topological polar surface area (TPSA) is 45.2 Å². The van der Waals surface area contributed by atoms with Crippen LogP contribution < -0.4 is 5.32 Å². The van der Waals surface area contributed by atoms with Gasteiger partial charge in [0.25, 0.3) is 0 Å². The lowest BCUT2D eigenvalue weighted by Crippen LogP contribution is -2.47. The van der Waals surface area contributed by atoms with Crippen LogP contribution in [0.5, 0.6) is 0 Å². The molecule has 0 bridgehead atoms. The molecule has 4 rings (SSSR count). The molecule has 4 nitrogen and oxygen atoms in total. The second-order valence-electron chi connectivity index (χ2n) is 8.40. The maximum Gasteiger partial charge on any atom is 0.233 e. The van der Waals surface area contributed by atoms with Crippen molar-refractivity contribution in [1.82, 2.24) is 9.88 Å². The number of pyridine rings is 1. The number of amides is 1. The van der Waals surface area contributed by atoms with Crippen LogP contribution in [0.1, 0.15) is 38.7 Å². The van der Waals surface area contributed by atoms with E-state index in [9.17, 15) is 9.18 Å². The van der Waals surface area contributed by atoms with Gasteiger partial charge in [-0.25, -0.2) is 9.37 Å². The standard InChI is InChI=1S/C22H26FN3O/c1-21(2)15-22(21,16-6-8-17(23)9-7-16)20(27)26-13-10-18(11-14-26)25-19-5-3-4-12-24-19/h3-9,12,18H,10-11,13-15H2,1-2H3,(H,24,25). The van der Waals surface area contributed by atoms with Gasteiger partial charge in [-0.2, -0.15) is 0 Å². The summed E-state index contributed by atoms with van der Waals surface area (Å²) in [4.78, 5) is 19.8. The predicted octanol–water partition coefficient (Wildman–Crippen LogP) is 3.99. The summed E-state index contributed by atoms with van der Waals surface area (Å²) >= 11 is 0. The summed E-state index contributed by atoms with van der Waals surface area (Å²) in [6.07, 6.45) is 4.41. The van der Waals surface area contributed by atoms with Crippen molar-refractivity contribution in [2.24, 2.45) is 5.41 Å². The molecule has 2 heterocycles. The number of halogens is 1. The second-order valence-corrected chi connectivity index (χ2v) is 8.40. The first-order valence-corrected chi connectivity index (χ1v) is 9.65. The van der Waals surface area contributed by atoms with E-state index in [1.54, 1.807) is 18.3 Å². The Balaban J connectivity index is 1.44. The lowest BCUT2D eigenvalue weighted by atomic mass is 9.85. The van der Waals surface area contributed by atoms with Crippen LogP contribution in [0.3, 0.4) is 0 Å². The average molecular weight is 367 g/mol. The lowest BCUT2D eigenvalue weighted by Gasteiger charge is -2.36. The number of carbonyl (C=O) groups excluding carboxylic acids is 1. The SMILES string of the molecule is CC1(C)CC1(C(=O)N1CCC(Nc2ccccn2)CC1)c1ccc(F)cc1. The third-order valence-corrected chi connectivity index (χ3v) is 6.24. The van der Waals surface area contributed by atoms with E-state index in [0.717, 1.165) is 43.7 Å². The van der Waals surface area contributed by atoms with Crippen LogP contribution in [0.25, 0.3) is 0 Å². The Hall–Kier alpha value is -2.43. The summed E-state index contributed by atoms with van der Waals surface area (Å²) in [7, 11) is 0. The minimum atomic E-state index is -0.512. The molecule has 1 aromatic carbocycles. The minimum absolute atomic E-state index is 0.0923. The highest BCUT2D eigenvalue weighted by Crippen LogP contribution is 2.65. The number of piperidine rings is 1. The van der Waals surface area contributed by atoms with Crippen molar-refractivity contribution in [2.75, 3.05) is 18.4 Å². The quantitative estimate of drug-likeness (QED) is 0.889. The zero-order valence-electron chi connectivity index (χ0n) is 15.9. The summed E-state index contributed by atoms with van der Waals surface area (Å²) in [5.41, 5.74) is 0.333. The smallest absolute Gasteiger partial charge is 0.233 e. The maximum absolute atomic E-state index is 13.4. The van der Waals surface area contributed by atoms with Gasteiger partial charge in [0, 0.05) is 25.3 Å². The molecule has 1 aliphatic heterocycles. The highest BCUT2D eigenvalue weighted by Gasteiger charge is 2.68. The molecule has 1 aromatic heterocycles. The van der Waals surface area contributed by atoms with Gasteiger partial charge >= 0.3 is 0 Å². The van der Waals surface area contributed by atoms with Crippen LogP contribution in [-0.4, -0.2) is 34.9 Å². The number of hydrogen-bond acceptors (Lipinski definition) is 3. The Morgan fingerprint density at radius 2 is 1.81 bits per heavy atom. The molecular weight excluding hydrogens is 341 g/mol. The number of anilines is 1. The summed E-state index contributed by atoms with van der Waals surface area (Å²) in [5.74, 6) is 0.810. The van der Waals surface area contributed by atoms with Crippen molar-refractivity contribution in [3.63, 3.8) is 0 Å². The van der Waals surface area contributed by atoms with E-state index in [1.165, 1.54) is 12.1 Å². The number of benzene rings is 1. The normalized spacial score (nSPS) is 24.5. The van der Waals surface area contributed by atoms with Gasteiger partial charge in [-0.3, -0.25) is 4.79 Å². The molecule has 2 fully saturated rings. The largest absolute Gasteiger partial charge is 0.367 e. The molecule has 1 saturated carbocycles. The molecule has 1 saturated heterocycles. The van der Waals surface area contributed by atoms with Crippen molar-refractivity contribution in [1.29, 1.82) is 0 Å². The van der Waals surface area contributed by atoms with Crippen molar-refractivity contribution >= 4 is 11.7 Å². The number of aromatic nitrogens is 1. The molecule has 1 amide bonds. The first-order chi connectivity index (χ1) is 12.9. The lowest BCUT2D eigenvalue weighted by molar-refractivity contribution is -0.135. The molecule has 27 heavy (non-hydrogen) atoms. The molecule has 2 aliphatic rings. The number of nitrogens with zero attached hydrogens (tertiary/aromatic N) is 2. The number of hydrogen-bond donors (Lipinski definition) is 1. The third-order valence-electron chi connectivity index (χ3n) is 6.24. The van der Waals surface area contributed by atoms with Gasteiger partial charge in [0.15, 0.2) is 0 Å². The molecule has 142 valence electrons. The summed E-state index contributed by atoms with van der Waals surface area (Å²) in [6.45, 7) is 5.73. The predicted molar refractivity (Wildman–Crippen MR) is 104 cm³/mol. The van der Waals surface area contributed by atoms with Crippen LogP contribution in [0.15, 0.2) is 48.7 Å². The monoisotopic (exact) mass is 367 g/mol. The van der Waals surface area contributed by atoms with Crippen LogP contribution in [-0.2, 0) is 10.2 Å². The Labute approximate surface area is 159 Å². The Morgan fingerprint density at radius 1 is 1.15 bits per heavy atom. The Kier molecular flexibility index (Phi) is 4.41. The van der Waals surface area contributed by atoms with Crippen LogP contribution in [0.2, 0.25) is 0 Å². The molecule has 1 atom stereocenters. The van der Waals surface area contributed by atoms with Crippen molar-refractivity contribution in [3.8, 4) is 0 Å². The fourth-order valence-electron chi connectivity index (χ4n) is 4.49. The van der Waals surface area contributed by atoms with Gasteiger partial charge in [-0.1, -0.05) is 32.0 Å². The van der Waals surface area contributed by atoms with E-state index in [2.05, 4.69) is 24.1 Å². The number of carbonyl (C=O) groups is 1. The maximum atomic E-state index is 13.4. The number of rotatable bonds is 4. The van der Waals surface area contributed by atoms with Crippen LogP contribution >= 0.6 is 0 Å². The van der Waals surface area contributed by atoms with Gasteiger partial charge in [-0.15, -0.1) is 0 Å². The summed E-state index contributed by atoms with van der Waals surface area (Å²) in [6, 6.07) is 12.6.